The number of halogens is 2. The Balaban J connectivity index is 2.06. The number of ether oxygens (including phenoxy) is 1. The molecule has 2 N–H and O–H groups in total. The van der Waals surface area contributed by atoms with Crippen molar-refractivity contribution in [2.24, 2.45) is 0 Å². The second-order valence-electron chi connectivity index (χ2n) is 6.74. The highest BCUT2D eigenvalue weighted by molar-refractivity contribution is 6.42. The monoisotopic (exact) mass is 409 g/mol. The minimum Gasteiger partial charge on any atom is -0.481 e. The van der Waals surface area contributed by atoms with Crippen LogP contribution in [-0.4, -0.2) is 22.6 Å². The van der Waals surface area contributed by atoms with Gasteiger partial charge in [-0.3, -0.25) is 9.59 Å². The molecule has 0 spiro atoms. The number of nitrogens with one attached hydrogen (secondary N) is 1. The molecule has 0 aliphatic heterocycles. The van der Waals surface area contributed by atoms with E-state index in [0.29, 0.717) is 16.5 Å². The molecule has 1 atom stereocenters. The molecule has 27 heavy (non-hydrogen) atoms. The fourth-order valence-corrected chi connectivity index (χ4v) is 2.77. The number of amides is 1. The van der Waals surface area contributed by atoms with Crippen LogP contribution < -0.4 is 10.1 Å². The molecule has 0 fully saturated rings. The molecule has 0 aromatic heterocycles. The third-order valence-electron chi connectivity index (χ3n) is 4.05. The topological polar surface area (TPSA) is 75.6 Å². The largest absolute Gasteiger partial charge is 0.481 e. The van der Waals surface area contributed by atoms with Crippen LogP contribution in [0.4, 0.5) is 5.69 Å². The number of carboxylic acid groups (broad SMARTS) is 1. The van der Waals surface area contributed by atoms with Crippen molar-refractivity contribution in [2.45, 2.75) is 38.7 Å². The smallest absolute Gasteiger partial charge is 0.303 e. The lowest BCUT2D eigenvalue weighted by Gasteiger charge is -2.26. The van der Waals surface area contributed by atoms with Gasteiger partial charge < -0.3 is 15.2 Å². The maximum absolute atomic E-state index is 12.6. The molecule has 0 saturated carbocycles. The molecule has 0 radical (unpaired) electrons. The van der Waals surface area contributed by atoms with Crippen molar-refractivity contribution in [1.82, 2.24) is 0 Å². The maximum atomic E-state index is 12.6. The number of rotatable bonds is 7. The van der Waals surface area contributed by atoms with Gasteiger partial charge in [0, 0.05) is 5.69 Å². The van der Waals surface area contributed by atoms with Gasteiger partial charge in [-0.15, -0.1) is 0 Å². The molecule has 5 nitrogen and oxygen atoms in total. The lowest BCUT2D eigenvalue weighted by Crippen LogP contribution is -2.42. The lowest BCUT2D eigenvalue weighted by atomic mass is 9.97. The summed E-state index contributed by atoms with van der Waals surface area (Å²) in [6.45, 7) is 5.10. The van der Waals surface area contributed by atoms with Crippen LogP contribution in [0.3, 0.4) is 0 Å². The predicted molar refractivity (Wildman–Crippen MR) is 107 cm³/mol. The van der Waals surface area contributed by atoms with E-state index in [-0.39, 0.29) is 23.3 Å². The molecule has 0 aliphatic rings. The van der Waals surface area contributed by atoms with E-state index in [4.69, 9.17) is 33.0 Å². The van der Waals surface area contributed by atoms with E-state index >= 15 is 0 Å². The Labute approximate surface area is 168 Å². The first-order chi connectivity index (χ1) is 12.6. The average molecular weight is 410 g/mol. The van der Waals surface area contributed by atoms with Gasteiger partial charge in [-0.2, -0.15) is 0 Å². The molecule has 1 unspecified atom stereocenters. The van der Waals surface area contributed by atoms with E-state index in [1.807, 2.05) is 6.92 Å². The molecule has 144 valence electrons. The highest BCUT2D eigenvalue weighted by Gasteiger charge is 2.31. The number of carbonyl (C=O) groups is 2. The van der Waals surface area contributed by atoms with Crippen molar-refractivity contribution < 1.29 is 19.4 Å². The highest BCUT2D eigenvalue weighted by atomic mass is 35.5. The summed E-state index contributed by atoms with van der Waals surface area (Å²) in [5.41, 5.74) is 0.278. The Morgan fingerprint density at radius 1 is 1.15 bits per heavy atom. The van der Waals surface area contributed by atoms with Crippen molar-refractivity contribution in [3.05, 3.63) is 58.1 Å². The minimum absolute atomic E-state index is 0.0486. The first-order valence-corrected chi connectivity index (χ1v) is 9.12. The second-order valence-corrected chi connectivity index (χ2v) is 7.52. The van der Waals surface area contributed by atoms with Crippen LogP contribution in [0.25, 0.3) is 0 Å². The van der Waals surface area contributed by atoms with Crippen LogP contribution in [-0.2, 0) is 9.59 Å². The van der Waals surface area contributed by atoms with Crippen molar-refractivity contribution >= 4 is 40.8 Å². The van der Waals surface area contributed by atoms with Crippen molar-refractivity contribution in [3.63, 3.8) is 0 Å². The maximum Gasteiger partial charge on any atom is 0.303 e. The van der Waals surface area contributed by atoms with E-state index in [1.54, 1.807) is 56.3 Å². The third kappa shape index (κ3) is 5.62. The Morgan fingerprint density at radius 3 is 2.37 bits per heavy atom. The Hall–Kier alpha value is -2.24. The summed E-state index contributed by atoms with van der Waals surface area (Å²) in [5.74, 6) is -0.998. The third-order valence-corrected chi connectivity index (χ3v) is 4.85. The van der Waals surface area contributed by atoms with E-state index in [0.717, 1.165) is 5.56 Å². The molecule has 1 amide bonds. The Bertz CT molecular complexity index is 834. The van der Waals surface area contributed by atoms with Gasteiger partial charge in [0.25, 0.3) is 5.91 Å². The summed E-state index contributed by atoms with van der Waals surface area (Å²) < 4.78 is 5.76. The van der Waals surface area contributed by atoms with Crippen LogP contribution in [0, 0.1) is 0 Å². The molecule has 0 heterocycles. The average Bonchev–Trinajstić information content (AvgIpc) is 2.58. The summed E-state index contributed by atoms with van der Waals surface area (Å²) in [5, 5.41) is 12.3. The van der Waals surface area contributed by atoms with Gasteiger partial charge in [0.2, 0.25) is 0 Å². The van der Waals surface area contributed by atoms with Crippen LogP contribution >= 0.6 is 23.2 Å². The Morgan fingerprint density at radius 2 is 1.78 bits per heavy atom. The number of carboxylic acids is 1. The fraction of sp³-hybridized carbons (Fsp3) is 0.300. The van der Waals surface area contributed by atoms with Gasteiger partial charge in [0.05, 0.1) is 11.4 Å². The number of benzene rings is 2. The van der Waals surface area contributed by atoms with Gasteiger partial charge in [-0.1, -0.05) is 48.3 Å². The van der Waals surface area contributed by atoms with Gasteiger partial charge >= 0.3 is 5.97 Å². The van der Waals surface area contributed by atoms with Crippen LogP contribution in [0.1, 0.15) is 38.7 Å². The number of aliphatic carboxylic acids is 1. The Kier molecular flexibility index (Phi) is 6.73. The van der Waals surface area contributed by atoms with Crippen LogP contribution in [0.5, 0.6) is 5.75 Å². The number of hydrogen-bond donors (Lipinski definition) is 2. The minimum atomic E-state index is -1.19. The summed E-state index contributed by atoms with van der Waals surface area (Å²) in [6, 6.07) is 12.0. The number of anilines is 1. The zero-order valence-corrected chi connectivity index (χ0v) is 16.8. The van der Waals surface area contributed by atoms with Gasteiger partial charge in [-0.05, 0) is 49.6 Å². The van der Waals surface area contributed by atoms with Gasteiger partial charge in [0.15, 0.2) is 5.60 Å². The SMILES string of the molecule is CC(CC(=O)O)c1ccc(NC(=O)C(C)(C)Oc2cccc(Cl)c2Cl)cc1. The molecular weight excluding hydrogens is 389 g/mol. The fourth-order valence-electron chi connectivity index (χ4n) is 2.44. The van der Waals surface area contributed by atoms with Crippen molar-refractivity contribution in [3.8, 4) is 5.75 Å². The standard InChI is InChI=1S/C20H21Cl2NO4/c1-12(11-17(24)25)13-7-9-14(10-8-13)23-19(26)20(2,3)27-16-6-4-5-15(21)18(16)22/h4-10,12H,11H2,1-3H3,(H,23,26)(H,24,25). The molecule has 0 saturated heterocycles. The first-order valence-electron chi connectivity index (χ1n) is 8.36. The summed E-state index contributed by atoms with van der Waals surface area (Å²) >= 11 is 12.1. The van der Waals surface area contributed by atoms with Crippen LogP contribution in [0.2, 0.25) is 10.0 Å². The first kappa shape index (κ1) is 21.1. The van der Waals surface area contributed by atoms with Crippen molar-refractivity contribution in [2.75, 3.05) is 5.32 Å². The van der Waals surface area contributed by atoms with E-state index < -0.39 is 11.6 Å². The quantitative estimate of drug-likeness (QED) is 0.644. The normalized spacial score (nSPS) is 12.3. The highest BCUT2D eigenvalue weighted by Crippen LogP contribution is 2.34. The molecule has 2 rings (SSSR count). The molecular formula is C20H21Cl2NO4. The van der Waals surface area contributed by atoms with E-state index in [9.17, 15) is 9.59 Å². The summed E-state index contributed by atoms with van der Waals surface area (Å²) in [6.07, 6.45) is 0.0486. The van der Waals surface area contributed by atoms with Crippen LogP contribution in [0.15, 0.2) is 42.5 Å². The molecule has 2 aromatic carbocycles. The zero-order chi connectivity index (χ0) is 20.2. The molecule has 2 aromatic rings. The molecule has 0 bridgehead atoms. The predicted octanol–water partition coefficient (Wildman–Crippen LogP) is 5.37. The second kappa shape index (κ2) is 8.63. The van der Waals surface area contributed by atoms with Crippen molar-refractivity contribution in [1.29, 1.82) is 0 Å². The molecule has 0 aliphatic carbocycles. The van der Waals surface area contributed by atoms with E-state index in [2.05, 4.69) is 5.32 Å². The summed E-state index contributed by atoms with van der Waals surface area (Å²) in [7, 11) is 0. The summed E-state index contributed by atoms with van der Waals surface area (Å²) in [4.78, 5) is 23.4. The van der Waals surface area contributed by atoms with Gasteiger partial charge in [0.1, 0.15) is 10.8 Å². The van der Waals surface area contributed by atoms with Gasteiger partial charge in [-0.25, -0.2) is 0 Å². The number of carbonyl (C=O) groups excluding carboxylic acids is 1. The number of hydrogen-bond acceptors (Lipinski definition) is 3. The lowest BCUT2D eigenvalue weighted by molar-refractivity contribution is -0.137. The van der Waals surface area contributed by atoms with E-state index in [1.165, 1.54) is 0 Å². The molecule has 7 heteroatoms. The zero-order valence-electron chi connectivity index (χ0n) is 15.3.